The first kappa shape index (κ1) is 24.4. The molecule has 1 N–H and O–H groups in total. The first-order valence-corrected chi connectivity index (χ1v) is 11.1. The van der Waals surface area contributed by atoms with Crippen LogP contribution in [0.1, 0.15) is 18.1 Å². The fourth-order valence-electron chi connectivity index (χ4n) is 3.06. The summed E-state index contributed by atoms with van der Waals surface area (Å²) < 4.78 is 15.9. The number of methoxy groups -OCH3 is 2. The van der Waals surface area contributed by atoms with Crippen molar-refractivity contribution in [1.82, 2.24) is 5.32 Å². The van der Waals surface area contributed by atoms with E-state index in [-0.39, 0.29) is 23.0 Å². The van der Waals surface area contributed by atoms with E-state index < -0.39 is 17.8 Å². The molecule has 0 aliphatic carbocycles. The summed E-state index contributed by atoms with van der Waals surface area (Å²) in [6, 6.07) is 10.5. The number of nitrogens with one attached hydrogen (secondary N) is 1. The summed E-state index contributed by atoms with van der Waals surface area (Å²) in [5, 5.41) is 2.57. The maximum Gasteiger partial charge on any atom is 0.343 e. The lowest BCUT2D eigenvalue weighted by Gasteiger charge is -2.29. The molecule has 0 spiro atoms. The number of ether oxygens (including phenoxy) is 3. The maximum atomic E-state index is 13.2. The smallest absolute Gasteiger partial charge is 0.343 e. The first-order chi connectivity index (χ1) is 15.8. The first-order valence-electron chi connectivity index (χ1n) is 9.86. The van der Waals surface area contributed by atoms with Crippen molar-refractivity contribution in [3.8, 4) is 11.5 Å². The van der Waals surface area contributed by atoms with E-state index in [0.717, 1.165) is 12.0 Å². The number of carbonyl (C=O) groups excluding carboxylic acids is 3. The number of thiocarbonyl (C=S) groups is 1. The van der Waals surface area contributed by atoms with E-state index in [1.165, 1.54) is 25.2 Å². The van der Waals surface area contributed by atoms with E-state index in [4.69, 9.17) is 21.7 Å². The Balaban J connectivity index is 1.96. The molecule has 0 unspecified atom stereocenters. The second-order valence-corrected chi connectivity index (χ2v) is 8.11. The molecule has 0 radical (unpaired) electrons. The normalized spacial score (nSPS) is 14.8. The number of hydrogen-bond donors (Lipinski definition) is 1. The van der Waals surface area contributed by atoms with Gasteiger partial charge in [-0.2, -0.15) is 0 Å². The number of benzene rings is 2. The standard InChI is InChI=1S/C23H21BrN2O6S/c1-4-13-5-7-15(8-6-13)26-22(29)16(21(28)25-23(26)33)9-14-10-18(30-2)19(11-17(14)24)32-12-20(27)31-3/h5-11H,4,12H2,1-3H3,(H,25,28,33)/b16-9+. The highest BCUT2D eigenvalue weighted by Crippen LogP contribution is 2.35. The SMILES string of the molecule is CCc1ccc(N2C(=O)/C(=C/c3cc(OC)c(OCC(=O)OC)cc3Br)C(=O)NC2=S)cc1. The molecule has 1 aliphatic heterocycles. The van der Waals surface area contributed by atoms with Crippen molar-refractivity contribution in [2.75, 3.05) is 25.7 Å². The number of aryl methyl sites for hydroxylation is 1. The van der Waals surface area contributed by atoms with Crippen molar-refractivity contribution in [1.29, 1.82) is 0 Å². The third-order valence-corrected chi connectivity index (χ3v) is 5.83. The summed E-state index contributed by atoms with van der Waals surface area (Å²) in [5.41, 5.74) is 2.05. The van der Waals surface area contributed by atoms with Gasteiger partial charge in [-0.3, -0.25) is 19.8 Å². The summed E-state index contributed by atoms with van der Waals surface area (Å²) in [6.45, 7) is 1.73. The Kier molecular flexibility index (Phi) is 7.83. The Morgan fingerprint density at radius 2 is 1.85 bits per heavy atom. The van der Waals surface area contributed by atoms with Crippen LogP contribution in [-0.4, -0.2) is 43.7 Å². The number of hydrogen-bond acceptors (Lipinski definition) is 7. The van der Waals surface area contributed by atoms with Gasteiger partial charge in [0.2, 0.25) is 0 Å². The van der Waals surface area contributed by atoms with Gasteiger partial charge in [-0.05, 0) is 60.1 Å². The zero-order chi connectivity index (χ0) is 24.1. The molecule has 0 aromatic heterocycles. The van der Waals surface area contributed by atoms with Crippen molar-refractivity contribution in [2.24, 2.45) is 0 Å². The minimum atomic E-state index is -0.608. The molecule has 3 rings (SSSR count). The van der Waals surface area contributed by atoms with Crippen LogP contribution in [0.5, 0.6) is 11.5 Å². The molecule has 2 aromatic rings. The summed E-state index contributed by atoms with van der Waals surface area (Å²) in [5.74, 6) is -1.12. The third kappa shape index (κ3) is 5.40. The molecule has 1 saturated heterocycles. The van der Waals surface area contributed by atoms with Crippen LogP contribution >= 0.6 is 28.1 Å². The van der Waals surface area contributed by atoms with Crippen LogP contribution in [0.25, 0.3) is 6.08 Å². The summed E-state index contributed by atoms with van der Waals surface area (Å²) in [4.78, 5) is 38.5. The highest BCUT2D eigenvalue weighted by Gasteiger charge is 2.34. The van der Waals surface area contributed by atoms with E-state index in [1.54, 1.807) is 24.3 Å². The molecule has 1 aliphatic rings. The zero-order valence-electron chi connectivity index (χ0n) is 18.1. The lowest BCUT2D eigenvalue weighted by Crippen LogP contribution is -2.54. The van der Waals surface area contributed by atoms with Crippen LogP contribution in [0.15, 0.2) is 46.4 Å². The van der Waals surface area contributed by atoms with Gasteiger partial charge in [-0.1, -0.05) is 35.0 Å². The molecule has 2 aromatic carbocycles. The minimum Gasteiger partial charge on any atom is -0.493 e. The Labute approximate surface area is 204 Å². The number of anilines is 1. The number of nitrogens with zero attached hydrogens (tertiary/aromatic N) is 1. The quantitative estimate of drug-likeness (QED) is 0.252. The van der Waals surface area contributed by atoms with Gasteiger partial charge in [0.05, 0.1) is 19.9 Å². The van der Waals surface area contributed by atoms with Crippen LogP contribution in [0, 0.1) is 0 Å². The molecular weight excluding hydrogens is 512 g/mol. The van der Waals surface area contributed by atoms with Gasteiger partial charge >= 0.3 is 5.97 Å². The number of amides is 2. The lowest BCUT2D eigenvalue weighted by atomic mass is 10.1. The average molecular weight is 533 g/mol. The predicted octanol–water partition coefficient (Wildman–Crippen LogP) is 3.40. The van der Waals surface area contributed by atoms with Gasteiger partial charge in [0.25, 0.3) is 11.8 Å². The largest absolute Gasteiger partial charge is 0.493 e. The van der Waals surface area contributed by atoms with Crippen LogP contribution in [0.2, 0.25) is 0 Å². The van der Waals surface area contributed by atoms with Gasteiger partial charge in [0, 0.05) is 4.47 Å². The van der Waals surface area contributed by atoms with E-state index in [9.17, 15) is 14.4 Å². The predicted molar refractivity (Wildman–Crippen MR) is 130 cm³/mol. The molecule has 8 nitrogen and oxygen atoms in total. The Morgan fingerprint density at radius 3 is 2.45 bits per heavy atom. The zero-order valence-corrected chi connectivity index (χ0v) is 20.5. The number of halogens is 1. The fourth-order valence-corrected chi connectivity index (χ4v) is 3.78. The molecule has 0 bridgehead atoms. The van der Waals surface area contributed by atoms with Gasteiger partial charge < -0.3 is 14.2 Å². The Morgan fingerprint density at radius 1 is 1.15 bits per heavy atom. The van der Waals surface area contributed by atoms with Gasteiger partial charge in [0.15, 0.2) is 23.2 Å². The topological polar surface area (TPSA) is 94.2 Å². The van der Waals surface area contributed by atoms with Crippen molar-refractivity contribution in [3.63, 3.8) is 0 Å². The highest BCUT2D eigenvalue weighted by atomic mass is 79.9. The Bertz CT molecular complexity index is 1150. The minimum absolute atomic E-state index is 0.00889. The second kappa shape index (κ2) is 10.6. The molecular formula is C23H21BrN2O6S. The third-order valence-electron chi connectivity index (χ3n) is 4.86. The molecule has 2 amide bonds. The van der Waals surface area contributed by atoms with Crippen molar-refractivity contribution < 1.29 is 28.6 Å². The molecule has 1 heterocycles. The summed E-state index contributed by atoms with van der Waals surface area (Å²) >= 11 is 8.66. The van der Waals surface area contributed by atoms with E-state index >= 15 is 0 Å². The fraction of sp³-hybridized carbons (Fsp3) is 0.217. The second-order valence-electron chi connectivity index (χ2n) is 6.87. The van der Waals surface area contributed by atoms with Gasteiger partial charge in [0.1, 0.15) is 5.57 Å². The van der Waals surface area contributed by atoms with Crippen molar-refractivity contribution in [2.45, 2.75) is 13.3 Å². The molecule has 0 saturated carbocycles. The van der Waals surface area contributed by atoms with Crippen molar-refractivity contribution in [3.05, 3.63) is 57.6 Å². The average Bonchev–Trinajstić information content (AvgIpc) is 2.81. The van der Waals surface area contributed by atoms with Crippen molar-refractivity contribution >= 4 is 62.8 Å². The lowest BCUT2D eigenvalue weighted by molar-refractivity contribution is -0.143. The van der Waals surface area contributed by atoms with Crippen LogP contribution in [-0.2, 0) is 25.5 Å². The molecule has 1 fully saturated rings. The highest BCUT2D eigenvalue weighted by molar-refractivity contribution is 9.10. The summed E-state index contributed by atoms with van der Waals surface area (Å²) in [7, 11) is 2.69. The van der Waals surface area contributed by atoms with E-state index in [2.05, 4.69) is 26.0 Å². The molecule has 10 heteroatoms. The van der Waals surface area contributed by atoms with Gasteiger partial charge in [-0.25, -0.2) is 4.79 Å². The molecule has 0 atom stereocenters. The van der Waals surface area contributed by atoms with Crippen LogP contribution < -0.4 is 19.7 Å². The maximum absolute atomic E-state index is 13.2. The number of carbonyl (C=O) groups is 3. The van der Waals surface area contributed by atoms with Crippen LogP contribution in [0.3, 0.4) is 0 Å². The number of esters is 1. The number of rotatable bonds is 7. The monoisotopic (exact) mass is 532 g/mol. The van der Waals surface area contributed by atoms with E-state index in [0.29, 0.717) is 21.5 Å². The van der Waals surface area contributed by atoms with E-state index in [1.807, 2.05) is 19.1 Å². The summed E-state index contributed by atoms with van der Waals surface area (Å²) in [6.07, 6.45) is 2.29. The van der Waals surface area contributed by atoms with Crippen LogP contribution in [0.4, 0.5) is 5.69 Å². The molecule has 33 heavy (non-hydrogen) atoms. The van der Waals surface area contributed by atoms with Gasteiger partial charge in [-0.15, -0.1) is 0 Å². The molecule has 172 valence electrons. The Hall–Kier alpha value is -3.24.